The molecule has 1 aromatic carbocycles. The first-order valence-electron chi connectivity index (χ1n) is 40.8. The van der Waals surface area contributed by atoms with E-state index in [9.17, 15) is 112 Å². The third kappa shape index (κ3) is 39.4. The molecule has 0 bridgehead atoms. The van der Waals surface area contributed by atoms with Crippen molar-refractivity contribution in [2.75, 3.05) is 32.9 Å². The van der Waals surface area contributed by atoms with Crippen LogP contribution >= 0.6 is 0 Å². The first kappa shape index (κ1) is 107. The predicted octanol–water partition coefficient (Wildman–Crippen LogP) is -8.99. The Morgan fingerprint density at radius 1 is 0.384 bits per heavy atom. The van der Waals surface area contributed by atoms with Gasteiger partial charge in [0.15, 0.2) is 0 Å². The maximum absolute atomic E-state index is 14.8. The highest BCUT2D eigenvalue weighted by molar-refractivity contribution is 6.02. The molecule has 0 aliphatic heterocycles. The van der Waals surface area contributed by atoms with E-state index in [0.29, 0.717) is 0 Å². The van der Waals surface area contributed by atoms with Crippen LogP contribution in [0, 0.1) is 23.7 Å². The number of phenolic OH excluding ortho intramolecular Hbond substituents is 1. The first-order chi connectivity index (χ1) is 58.8. The maximum Gasteiger partial charge on any atom is 0.322 e. The number of hydrogen-bond donors (Lipinski definition) is 27. The first-order valence-corrected chi connectivity index (χ1v) is 40.8. The lowest BCUT2D eigenvalue weighted by Crippen LogP contribution is -2.63. The normalized spacial score (nSPS) is 15.1. The van der Waals surface area contributed by atoms with E-state index in [2.05, 4.69) is 99.7 Å². The van der Waals surface area contributed by atoms with Gasteiger partial charge >= 0.3 is 5.97 Å². The van der Waals surface area contributed by atoms with Gasteiger partial charge in [-0.25, -0.2) is 9.97 Å². The van der Waals surface area contributed by atoms with E-state index in [1.165, 1.54) is 56.2 Å². The molecule has 0 saturated carbocycles. The Hall–Kier alpha value is -12.3. The number of carboxylic acid groups (broad SMARTS) is 1. The summed E-state index contributed by atoms with van der Waals surface area (Å²) >= 11 is 0. The second-order valence-electron chi connectivity index (χ2n) is 31.8. The van der Waals surface area contributed by atoms with Crippen LogP contribution in [0.1, 0.15) is 150 Å². The molecule has 47 nitrogen and oxygen atoms in total. The van der Waals surface area contributed by atoms with Crippen molar-refractivity contribution in [1.82, 2.24) is 99.7 Å². The third-order valence-corrected chi connectivity index (χ3v) is 18.8. The summed E-state index contributed by atoms with van der Waals surface area (Å²) in [6.45, 7) is 12.0. The monoisotopic (exact) mass is 1770 g/mol. The van der Waals surface area contributed by atoms with Gasteiger partial charge < -0.3 is 143 Å². The third-order valence-electron chi connectivity index (χ3n) is 18.8. The lowest BCUT2D eigenvalue weighted by Gasteiger charge is -2.29. The molecule has 31 N–H and O–H groups in total. The number of hydrogen-bond acceptors (Lipinski definition) is 27. The van der Waals surface area contributed by atoms with Crippen LogP contribution in [0.3, 0.4) is 0 Å². The number of aliphatic hydroxyl groups is 4. The van der Waals surface area contributed by atoms with E-state index in [-0.39, 0.29) is 98.4 Å². The largest absolute Gasteiger partial charge is 0.508 e. The molecule has 0 saturated heterocycles. The fraction of sp³-hybridized carbons (Fsp3) is 0.615. The number of phenols is 1. The molecular weight excluding hydrogens is 1640 g/mol. The van der Waals surface area contributed by atoms with E-state index in [4.69, 9.17) is 28.0 Å². The highest BCUT2D eigenvalue weighted by atomic mass is 16.4. The van der Waals surface area contributed by atoms with E-state index in [1.807, 2.05) is 0 Å². The van der Waals surface area contributed by atoms with Crippen molar-refractivity contribution in [2.45, 2.75) is 249 Å². The fourth-order valence-electron chi connectivity index (χ4n) is 12.3. The number of carbonyl (C=O) groups is 18. The van der Waals surface area contributed by atoms with Crippen molar-refractivity contribution in [3.63, 3.8) is 0 Å². The van der Waals surface area contributed by atoms with E-state index < -0.39 is 268 Å². The minimum atomic E-state index is -2.07. The van der Waals surface area contributed by atoms with Crippen LogP contribution in [0.4, 0.5) is 0 Å². The van der Waals surface area contributed by atoms with Gasteiger partial charge in [-0.05, 0) is 113 Å². The van der Waals surface area contributed by atoms with Gasteiger partial charge in [0.2, 0.25) is 100 Å². The highest BCUT2D eigenvalue weighted by Crippen LogP contribution is 2.17. The Kier molecular flexibility index (Phi) is 46.4. The summed E-state index contributed by atoms with van der Waals surface area (Å²) < 4.78 is 0. The second-order valence-corrected chi connectivity index (χ2v) is 31.8. The molecule has 696 valence electrons. The number of amides is 17. The molecule has 47 heteroatoms. The summed E-state index contributed by atoms with van der Waals surface area (Å²) in [7, 11) is 0. The van der Waals surface area contributed by atoms with Crippen LogP contribution in [0.2, 0.25) is 0 Å². The Morgan fingerprint density at radius 2 is 0.704 bits per heavy atom. The SMILES string of the molecule is CC(C)C[C@H](NC(=O)[C@H](C)N)C(=O)N[C@@H](Cc1c[nH]cn1)C(=O)N[C@@H](CC(N)=O)C(=O)N[C@@H](Cc1c[nH]cn1)C(=O)N[C@@H](Cc1ccc(O)cc1)C(=O)N[C@H](C(=O)N[C@@H](CCC(N)=O)C(=O)N[C@@H](CCCCN)C(=O)N[C@@H](CO)C(=O)N[C@@H](CC(C)C)C(=O)N[C@@H](CO)C(=O)N[C@@H](CC(C)C)C(=O)N[C@@H](CO)C(=O)N[C@@H](CC(C)C)C(=O)NCC(=O)O)[C@@H](C)O. The van der Waals surface area contributed by atoms with E-state index in [1.54, 1.807) is 55.4 Å². The van der Waals surface area contributed by atoms with E-state index >= 15 is 0 Å². The number of aromatic nitrogens is 4. The van der Waals surface area contributed by atoms with Gasteiger partial charge in [0.25, 0.3) is 0 Å². The number of H-pyrrole nitrogens is 2. The molecule has 125 heavy (non-hydrogen) atoms. The summed E-state index contributed by atoms with van der Waals surface area (Å²) in [6.07, 6.45) is -0.154. The summed E-state index contributed by atoms with van der Waals surface area (Å²) in [4.78, 5) is 261. The number of aliphatic hydroxyl groups excluding tert-OH is 4. The Labute approximate surface area is 721 Å². The maximum atomic E-state index is 14.8. The molecule has 0 aliphatic rings. The highest BCUT2D eigenvalue weighted by Gasteiger charge is 2.40. The Balaban J connectivity index is 1.95. The minimum absolute atomic E-state index is 0.0211. The molecule has 0 fully saturated rings. The number of carboxylic acids is 1. The number of nitrogens with one attached hydrogen (secondary N) is 17. The van der Waals surface area contributed by atoms with Gasteiger partial charge in [0.1, 0.15) is 96.9 Å². The van der Waals surface area contributed by atoms with Gasteiger partial charge in [0, 0.05) is 38.1 Å². The average molecular weight is 1770 g/mol. The van der Waals surface area contributed by atoms with Crippen molar-refractivity contribution < 1.29 is 117 Å². The smallest absolute Gasteiger partial charge is 0.322 e. The molecular formula is C78H125N23O24. The van der Waals surface area contributed by atoms with Crippen LogP contribution in [-0.4, -0.2) is 287 Å². The predicted molar refractivity (Wildman–Crippen MR) is 444 cm³/mol. The standard InChI is InChI=1S/C78H125N23O24/c1-37(2)21-49(65(112)85-31-62(109)110)91-75(122)58(33-103)99-69(116)52(24-40(7)8)93-77(124)59(34-104)100-70(117)51(23-39(5)6)92-76(123)57(32-102)98-66(113)47(13-11-12-20-79)88-67(114)48(18-19-60(81)107)89-78(125)63(42(10)105)101-74(121)53(25-43-14-16-46(106)17-15-43)94-71(118)54(26-44-29-83-35-86-44)96-73(120)56(28-61(82)108)97-72(119)55(27-45-30-84-36-87-45)95-68(115)50(22-38(3)4)90-64(111)41(9)80/h14-17,29-30,35-42,47-59,63,102-106H,11-13,18-28,31-34,79-80H2,1-10H3,(H2,81,107)(H2,82,108)(H,83,86)(H,84,87)(H,85,112)(H,88,114)(H,89,125)(H,90,111)(H,91,122)(H,92,123)(H,93,124)(H,94,118)(H,95,115)(H,96,120)(H,97,119)(H,98,113)(H,99,116)(H,100,117)(H,101,121)(H,109,110)/t41-,42+,47-,48-,49-,50-,51-,52-,53-,54-,55-,56-,57-,58-,59-,63-/m0/s1. The number of aromatic amines is 2. The molecule has 2 aromatic heterocycles. The van der Waals surface area contributed by atoms with Crippen molar-refractivity contribution in [3.05, 3.63) is 66.3 Å². The number of aromatic hydroxyl groups is 1. The Morgan fingerprint density at radius 3 is 1.06 bits per heavy atom. The number of benzene rings is 1. The fourth-order valence-corrected chi connectivity index (χ4v) is 12.3. The van der Waals surface area contributed by atoms with Crippen LogP contribution in [0.25, 0.3) is 0 Å². The van der Waals surface area contributed by atoms with Gasteiger partial charge in [-0.3, -0.25) is 86.3 Å². The number of primary amides is 2. The zero-order valence-electron chi connectivity index (χ0n) is 71.6. The molecule has 0 spiro atoms. The number of aliphatic carboxylic acids is 1. The topological polar surface area (TPSA) is 771 Å². The minimum Gasteiger partial charge on any atom is -0.508 e. The van der Waals surface area contributed by atoms with Crippen molar-refractivity contribution >= 4 is 106 Å². The number of nitrogens with zero attached hydrogens (tertiary/aromatic N) is 2. The zero-order valence-corrected chi connectivity index (χ0v) is 71.6. The molecule has 0 radical (unpaired) electrons. The van der Waals surface area contributed by atoms with Crippen molar-refractivity contribution in [2.24, 2.45) is 46.6 Å². The van der Waals surface area contributed by atoms with Crippen molar-refractivity contribution in [3.8, 4) is 5.75 Å². The van der Waals surface area contributed by atoms with Gasteiger partial charge in [-0.15, -0.1) is 0 Å². The molecule has 2 heterocycles. The number of rotatable bonds is 58. The molecule has 16 atom stereocenters. The lowest BCUT2D eigenvalue weighted by atomic mass is 10.0. The number of carbonyl (C=O) groups excluding carboxylic acids is 17. The number of imidazole rings is 2. The summed E-state index contributed by atoms with van der Waals surface area (Å²) in [5, 5.41) is 97.7. The van der Waals surface area contributed by atoms with Gasteiger partial charge in [-0.2, -0.15) is 0 Å². The number of nitrogens with two attached hydrogens (primary N) is 4. The Bertz CT molecular complexity index is 4070. The van der Waals surface area contributed by atoms with Gasteiger partial charge in [-0.1, -0.05) is 67.5 Å². The van der Waals surface area contributed by atoms with Crippen molar-refractivity contribution in [1.29, 1.82) is 0 Å². The lowest BCUT2D eigenvalue weighted by molar-refractivity contribution is -0.139. The van der Waals surface area contributed by atoms with Crippen LogP contribution < -0.4 is 103 Å². The van der Waals surface area contributed by atoms with Crippen LogP contribution in [-0.2, 0) is 106 Å². The molecule has 0 aliphatic carbocycles. The molecule has 3 rings (SSSR count). The molecule has 17 amide bonds. The summed E-state index contributed by atoms with van der Waals surface area (Å²) in [5.74, 6) is -21.1. The summed E-state index contributed by atoms with van der Waals surface area (Å²) in [6, 6.07) is -19.6. The average Bonchev–Trinajstić information content (AvgIpc) is 1.71. The van der Waals surface area contributed by atoms with Gasteiger partial charge in [0.05, 0.1) is 62.4 Å². The zero-order chi connectivity index (χ0) is 94.1. The van der Waals surface area contributed by atoms with Crippen LogP contribution in [0.5, 0.6) is 5.75 Å². The van der Waals surface area contributed by atoms with Crippen LogP contribution in [0.15, 0.2) is 49.3 Å². The number of unbranched alkanes of at least 4 members (excludes halogenated alkanes) is 1. The molecule has 0 unspecified atom stereocenters. The second kappa shape index (κ2) is 54.3. The quantitative estimate of drug-likeness (QED) is 0.0233. The van der Waals surface area contributed by atoms with E-state index in [0.717, 1.165) is 6.92 Å². The summed E-state index contributed by atoms with van der Waals surface area (Å²) in [5.41, 5.74) is 23.3. The molecule has 3 aromatic rings.